The molecule has 2 N–H and O–H groups in total. The Labute approximate surface area is 187 Å². The van der Waals surface area contributed by atoms with E-state index < -0.39 is 18.0 Å². The normalized spacial score (nSPS) is 22.4. The minimum Gasteiger partial charge on any atom is -0.352 e. The number of imide groups is 1. The summed E-state index contributed by atoms with van der Waals surface area (Å²) in [5, 5.41) is 6.18. The molecule has 0 saturated carbocycles. The van der Waals surface area contributed by atoms with Gasteiger partial charge in [0.25, 0.3) is 11.8 Å². The van der Waals surface area contributed by atoms with E-state index in [2.05, 4.69) is 10.3 Å². The average molecular weight is 449 g/mol. The minimum atomic E-state index is -1.01. The fourth-order valence-corrected chi connectivity index (χ4v) is 5.83. The number of benzene rings is 1. The van der Waals surface area contributed by atoms with E-state index >= 15 is 4.39 Å². The molecule has 2 unspecified atom stereocenters. The van der Waals surface area contributed by atoms with Crippen LogP contribution in [0.4, 0.5) is 4.39 Å². The van der Waals surface area contributed by atoms with Gasteiger partial charge in [0.15, 0.2) is 0 Å². The lowest BCUT2D eigenvalue weighted by Gasteiger charge is -2.33. The SMILES string of the molecule is CN1CCC(n2cc(C3=C(c4c[nH]c5sccc45)C(=O)NC3=O)c3ccccc32)C(F)C1. The fraction of sp³-hybridized carbons (Fsp3) is 0.250. The van der Waals surface area contributed by atoms with Crippen molar-refractivity contribution in [1.82, 2.24) is 19.8 Å². The molecule has 3 aromatic heterocycles. The quantitative estimate of drug-likeness (QED) is 0.466. The number of amides is 2. The van der Waals surface area contributed by atoms with Crippen LogP contribution in [0.25, 0.3) is 32.3 Å². The summed E-state index contributed by atoms with van der Waals surface area (Å²) in [6.07, 6.45) is 3.31. The summed E-state index contributed by atoms with van der Waals surface area (Å²) in [5.41, 5.74) is 2.95. The van der Waals surface area contributed by atoms with Crippen LogP contribution in [0.2, 0.25) is 0 Å². The van der Waals surface area contributed by atoms with E-state index in [1.165, 1.54) is 0 Å². The second-order valence-corrected chi connectivity index (χ2v) is 9.42. The standard InChI is InChI=1S/C24H21FN4O2S/c1-28-8-6-19(17(25)12-28)29-11-16(13-4-2-3-5-18(13)29)21-20(22(30)27-23(21)31)15-10-26-24-14(15)7-9-32-24/h2-5,7,9-11,17,19,26H,6,8,12H2,1H3,(H,27,30,31). The number of aromatic amines is 1. The number of halogens is 1. The number of alkyl halides is 1. The first-order valence-corrected chi connectivity index (χ1v) is 11.5. The van der Waals surface area contributed by atoms with Crippen LogP contribution < -0.4 is 5.32 Å². The molecule has 2 amide bonds. The van der Waals surface area contributed by atoms with Gasteiger partial charge in [0.1, 0.15) is 11.0 Å². The third-order valence-electron chi connectivity index (χ3n) is 6.58. The van der Waals surface area contributed by atoms with Gasteiger partial charge in [-0.3, -0.25) is 14.9 Å². The molecule has 4 aromatic rings. The smallest absolute Gasteiger partial charge is 0.259 e. The van der Waals surface area contributed by atoms with Crippen LogP contribution in [0.3, 0.4) is 0 Å². The number of thiophene rings is 1. The Morgan fingerprint density at radius 1 is 1.06 bits per heavy atom. The predicted molar refractivity (Wildman–Crippen MR) is 124 cm³/mol. The Hall–Kier alpha value is -3.23. The molecule has 1 fully saturated rings. The first kappa shape index (κ1) is 19.5. The average Bonchev–Trinajstić information content (AvgIpc) is 3.51. The maximum absolute atomic E-state index is 15.1. The zero-order valence-electron chi connectivity index (χ0n) is 17.4. The van der Waals surface area contributed by atoms with Crippen molar-refractivity contribution in [3.8, 4) is 0 Å². The largest absolute Gasteiger partial charge is 0.352 e. The first-order chi connectivity index (χ1) is 15.5. The zero-order valence-corrected chi connectivity index (χ0v) is 18.2. The van der Waals surface area contributed by atoms with E-state index in [0.29, 0.717) is 35.2 Å². The highest BCUT2D eigenvalue weighted by Crippen LogP contribution is 2.40. The molecule has 8 heteroatoms. The lowest BCUT2D eigenvalue weighted by molar-refractivity contribution is -0.122. The molecular weight excluding hydrogens is 427 g/mol. The van der Waals surface area contributed by atoms with Crippen LogP contribution in [0.1, 0.15) is 23.6 Å². The van der Waals surface area contributed by atoms with E-state index in [1.807, 2.05) is 58.4 Å². The van der Waals surface area contributed by atoms with Gasteiger partial charge in [0, 0.05) is 52.9 Å². The number of H-pyrrole nitrogens is 1. The Morgan fingerprint density at radius 2 is 1.84 bits per heavy atom. The van der Waals surface area contributed by atoms with Crippen LogP contribution in [-0.2, 0) is 9.59 Å². The van der Waals surface area contributed by atoms with Gasteiger partial charge < -0.3 is 14.5 Å². The second kappa shape index (κ2) is 7.15. The summed E-state index contributed by atoms with van der Waals surface area (Å²) in [6.45, 7) is 1.18. The van der Waals surface area contributed by atoms with E-state index in [0.717, 1.165) is 27.7 Å². The van der Waals surface area contributed by atoms with Crippen LogP contribution in [0, 0.1) is 0 Å². The maximum Gasteiger partial charge on any atom is 0.259 e. The van der Waals surface area contributed by atoms with E-state index in [1.54, 1.807) is 17.5 Å². The summed E-state index contributed by atoms with van der Waals surface area (Å²) in [4.78, 5) is 32.0. The van der Waals surface area contributed by atoms with Crippen molar-refractivity contribution in [2.24, 2.45) is 0 Å². The van der Waals surface area contributed by atoms with Gasteiger partial charge in [-0.2, -0.15) is 0 Å². The highest BCUT2D eigenvalue weighted by molar-refractivity contribution is 7.16. The number of piperidine rings is 1. The molecule has 1 aromatic carbocycles. The Balaban J connectivity index is 1.59. The number of carbonyl (C=O) groups is 2. The van der Waals surface area contributed by atoms with Crippen LogP contribution in [0.15, 0.2) is 48.1 Å². The first-order valence-electron chi connectivity index (χ1n) is 10.6. The van der Waals surface area contributed by atoms with Gasteiger partial charge >= 0.3 is 0 Å². The number of likely N-dealkylation sites (tertiary alicyclic amines) is 1. The highest BCUT2D eigenvalue weighted by Gasteiger charge is 2.36. The van der Waals surface area contributed by atoms with Gasteiger partial charge in [-0.25, -0.2) is 4.39 Å². The highest BCUT2D eigenvalue weighted by atomic mass is 32.1. The van der Waals surface area contributed by atoms with Crippen molar-refractivity contribution >= 4 is 55.4 Å². The maximum atomic E-state index is 15.1. The Morgan fingerprint density at radius 3 is 2.66 bits per heavy atom. The minimum absolute atomic E-state index is 0.315. The van der Waals surface area contributed by atoms with Gasteiger partial charge in [-0.1, -0.05) is 18.2 Å². The van der Waals surface area contributed by atoms with E-state index in [9.17, 15) is 9.59 Å². The molecule has 6 rings (SSSR count). The van der Waals surface area contributed by atoms with Gasteiger partial charge in [-0.05, 0) is 31.0 Å². The van der Waals surface area contributed by atoms with Gasteiger partial charge in [-0.15, -0.1) is 11.3 Å². The van der Waals surface area contributed by atoms with Crippen molar-refractivity contribution in [3.05, 3.63) is 59.2 Å². The van der Waals surface area contributed by atoms with Gasteiger partial charge in [0.05, 0.1) is 17.2 Å². The lowest BCUT2D eigenvalue weighted by Crippen LogP contribution is -2.40. The molecule has 1 saturated heterocycles. The predicted octanol–water partition coefficient (Wildman–Crippen LogP) is 3.97. The molecule has 2 aliphatic rings. The summed E-state index contributed by atoms with van der Waals surface area (Å²) in [7, 11) is 1.93. The van der Waals surface area contributed by atoms with Crippen molar-refractivity contribution < 1.29 is 14.0 Å². The molecule has 0 aliphatic carbocycles. The summed E-state index contributed by atoms with van der Waals surface area (Å²) >= 11 is 1.55. The number of aromatic nitrogens is 2. The van der Waals surface area contributed by atoms with Crippen molar-refractivity contribution in [3.63, 3.8) is 0 Å². The van der Waals surface area contributed by atoms with Crippen LogP contribution in [-0.4, -0.2) is 52.6 Å². The molecule has 0 spiro atoms. The van der Waals surface area contributed by atoms with E-state index in [4.69, 9.17) is 0 Å². The van der Waals surface area contributed by atoms with Crippen molar-refractivity contribution in [2.75, 3.05) is 20.1 Å². The molecule has 2 aliphatic heterocycles. The molecule has 5 heterocycles. The summed E-state index contributed by atoms with van der Waals surface area (Å²) in [5.74, 6) is -0.825. The molecule has 6 nitrogen and oxygen atoms in total. The number of para-hydroxylation sites is 1. The summed E-state index contributed by atoms with van der Waals surface area (Å²) in [6, 6.07) is 9.33. The monoisotopic (exact) mass is 448 g/mol. The number of fused-ring (bicyclic) bond motifs is 2. The number of nitrogens with one attached hydrogen (secondary N) is 2. The molecule has 32 heavy (non-hydrogen) atoms. The topological polar surface area (TPSA) is 70.1 Å². The molecule has 162 valence electrons. The van der Waals surface area contributed by atoms with Crippen molar-refractivity contribution in [1.29, 1.82) is 0 Å². The number of hydrogen-bond acceptors (Lipinski definition) is 4. The third kappa shape index (κ3) is 2.79. The molecular formula is C24H21FN4O2S. The second-order valence-electron chi connectivity index (χ2n) is 8.50. The number of nitrogens with zero attached hydrogens (tertiary/aromatic N) is 2. The van der Waals surface area contributed by atoms with Crippen molar-refractivity contribution in [2.45, 2.75) is 18.6 Å². The lowest BCUT2D eigenvalue weighted by atomic mass is 9.96. The summed E-state index contributed by atoms with van der Waals surface area (Å²) < 4.78 is 17.0. The Bertz CT molecular complexity index is 1430. The zero-order chi connectivity index (χ0) is 22.0. The molecule has 0 radical (unpaired) electrons. The third-order valence-corrected chi connectivity index (χ3v) is 7.43. The van der Waals surface area contributed by atoms with Gasteiger partial charge in [0.2, 0.25) is 0 Å². The van der Waals surface area contributed by atoms with Crippen LogP contribution >= 0.6 is 11.3 Å². The van der Waals surface area contributed by atoms with Crippen LogP contribution in [0.5, 0.6) is 0 Å². The van der Waals surface area contributed by atoms with E-state index in [-0.39, 0.29) is 6.04 Å². The fourth-order valence-electron chi connectivity index (χ4n) is 5.06. The number of hydrogen-bond donors (Lipinski definition) is 2. The number of rotatable bonds is 3. The molecule has 0 bridgehead atoms. The molecule has 2 atom stereocenters. The Kier molecular flexibility index (Phi) is 4.34. The number of carbonyl (C=O) groups excluding carboxylic acids is 2.